The lowest BCUT2D eigenvalue weighted by Gasteiger charge is -2.13. The van der Waals surface area contributed by atoms with Gasteiger partial charge in [0, 0.05) is 6.08 Å². The Labute approximate surface area is 105 Å². The van der Waals surface area contributed by atoms with Gasteiger partial charge < -0.3 is 15.2 Å². The zero-order valence-corrected chi connectivity index (χ0v) is 10.2. The van der Waals surface area contributed by atoms with Gasteiger partial charge in [-0.2, -0.15) is 0 Å². The van der Waals surface area contributed by atoms with Crippen molar-refractivity contribution in [2.75, 3.05) is 7.11 Å². The Morgan fingerprint density at radius 2 is 1.94 bits per heavy atom. The van der Waals surface area contributed by atoms with Gasteiger partial charge in [0.15, 0.2) is 0 Å². The van der Waals surface area contributed by atoms with Crippen LogP contribution in [0.15, 0.2) is 30.3 Å². The zero-order chi connectivity index (χ0) is 13.5. The summed E-state index contributed by atoms with van der Waals surface area (Å²) in [6, 6.07) is 7.04. The van der Waals surface area contributed by atoms with Gasteiger partial charge >= 0.3 is 12.1 Å². The Balaban J connectivity index is 2.70. The number of amides is 1. The van der Waals surface area contributed by atoms with Crippen LogP contribution in [0.25, 0.3) is 6.08 Å². The predicted molar refractivity (Wildman–Crippen MR) is 67.1 cm³/mol. The van der Waals surface area contributed by atoms with Gasteiger partial charge in [-0.25, -0.2) is 9.59 Å². The Hall–Kier alpha value is -2.30. The number of carboxylic acid groups (broad SMARTS) is 1. The first-order valence-corrected chi connectivity index (χ1v) is 5.38. The molecule has 1 aromatic rings. The van der Waals surface area contributed by atoms with Crippen molar-refractivity contribution in [2.24, 2.45) is 0 Å². The molecule has 2 N–H and O–H groups in total. The quantitative estimate of drug-likeness (QED) is 0.802. The van der Waals surface area contributed by atoms with Crippen LogP contribution in [-0.4, -0.2) is 24.3 Å². The van der Waals surface area contributed by atoms with Crippen molar-refractivity contribution in [2.45, 2.75) is 13.0 Å². The predicted octanol–water partition coefficient (Wildman–Crippen LogP) is 2.20. The van der Waals surface area contributed by atoms with E-state index in [9.17, 15) is 9.59 Å². The average molecular weight is 249 g/mol. The molecule has 18 heavy (non-hydrogen) atoms. The fraction of sp³-hybridized carbons (Fsp3) is 0.231. The molecule has 0 aliphatic rings. The van der Waals surface area contributed by atoms with E-state index in [2.05, 4.69) is 10.1 Å². The first-order valence-electron chi connectivity index (χ1n) is 5.38. The van der Waals surface area contributed by atoms with Crippen molar-refractivity contribution in [3.8, 4) is 0 Å². The maximum atomic E-state index is 11.0. The highest BCUT2D eigenvalue weighted by Gasteiger charge is 2.08. The number of hydrogen-bond donors (Lipinski definition) is 2. The number of aliphatic carboxylic acids is 1. The van der Waals surface area contributed by atoms with Gasteiger partial charge in [-0.3, -0.25) is 0 Å². The molecule has 1 rings (SSSR count). The Kier molecular flexibility index (Phi) is 4.92. The van der Waals surface area contributed by atoms with Gasteiger partial charge in [0.2, 0.25) is 0 Å². The summed E-state index contributed by atoms with van der Waals surface area (Å²) < 4.78 is 4.50. The first kappa shape index (κ1) is 13.8. The van der Waals surface area contributed by atoms with Crippen molar-refractivity contribution < 1.29 is 19.4 Å². The summed E-state index contributed by atoms with van der Waals surface area (Å²) in [4.78, 5) is 21.4. The minimum absolute atomic E-state index is 0.171. The van der Waals surface area contributed by atoms with Crippen LogP contribution in [0.2, 0.25) is 0 Å². The number of alkyl carbamates (subject to hydrolysis) is 1. The average Bonchev–Trinajstić information content (AvgIpc) is 2.36. The van der Waals surface area contributed by atoms with Crippen LogP contribution in [0.5, 0.6) is 0 Å². The fourth-order valence-corrected chi connectivity index (χ4v) is 1.38. The van der Waals surface area contributed by atoms with Crippen LogP contribution >= 0.6 is 0 Å². The third kappa shape index (κ3) is 4.29. The molecule has 1 unspecified atom stereocenters. The monoisotopic (exact) mass is 249 g/mol. The van der Waals surface area contributed by atoms with Gasteiger partial charge in [0.25, 0.3) is 0 Å². The number of rotatable bonds is 4. The lowest BCUT2D eigenvalue weighted by atomic mass is 10.1. The molecule has 0 bridgehead atoms. The normalized spacial score (nSPS) is 12.1. The maximum absolute atomic E-state index is 11.0. The largest absolute Gasteiger partial charge is 0.478 e. The van der Waals surface area contributed by atoms with E-state index < -0.39 is 12.1 Å². The highest BCUT2D eigenvalue weighted by atomic mass is 16.5. The van der Waals surface area contributed by atoms with Gasteiger partial charge in [-0.15, -0.1) is 0 Å². The van der Waals surface area contributed by atoms with Crippen molar-refractivity contribution in [1.29, 1.82) is 0 Å². The second kappa shape index (κ2) is 6.44. The van der Waals surface area contributed by atoms with Crippen molar-refractivity contribution in [3.05, 3.63) is 41.5 Å². The van der Waals surface area contributed by atoms with Gasteiger partial charge in [0.05, 0.1) is 13.2 Å². The fourth-order valence-electron chi connectivity index (χ4n) is 1.38. The van der Waals surface area contributed by atoms with E-state index in [4.69, 9.17) is 5.11 Å². The second-order valence-electron chi connectivity index (χ2n) is 3.70. The molecule has 0 spiro atoms. The molecule has 1 amide bonds. The second-order valence-corrected chi connectivity index (χ2v) is 3.70. The van der Waals surface area contributed by atoms with Gasteiger partial charge in [-0.05, 0) is 24.1 Å². The molecule has 0 aromatic heterocycles. The number of carbonyl (C=O) groups is 2. The molecule has 0 saturated carbocycles. The van der Waals surface area contributed by atoms with Gasteiger partial charge in [-0.1, -0.05) is 24.3 Å². The van der Waals surface area contributed by atoms with Crippen LogP contribution in [0.1, 0.15) is 24.1 Å². The summed E-state index contributed by atoms with van der Waals surface area (Å²) >= 11 is 0. The molecule has 5 nitrogen and oxygen atoms in total. The molecule has 0 saturated heterocycles. The van der Waals surface area contributed by atoms with E-state index in [1.54, 1.807) is 12.1 Å². The molecule has 1 aromatic carbocycles. The Morgan fingerprint density at radius 1 is 1.33 bits per heavy atom. The smallest absolute Gasteiger partial charge is 0.407 e. The third-order valence-electron chi connectivity index (χ3n) is 2.37. The summed E-state index contributed by atoms with van der Waals surface area (Å²) in [7, 11) is 1.31. The lowest BCUT2D eigenvalue weighted by molar-refractivity contribution is -0.131. The molecule has 0 aliphatic carbocycles. The van der Waals surface area contributed by atoms with E-state index in [1.807, 2.05) is 19.1 Å². The maximum Gasteiger partial charge on any atom is 0.407 e. The van der Waals surface area contributed by atoms with Crippen molar-refractivity contribution in [1.82, 2.24) is 5.32 Å². The standard InChI is InChI=1S/C13H15NO4/c1-9(14-13(17)18-2)11-6-3-10(4-7-11)5-8-12(15)16/h3-9H,1-2H3,(H,14,17)(H,15,16). The minimum atomic E-state index is -0.986. The van der Waals surface area contributed by atoms with E-state index in [-0.39, 0.29) is 6.04 Å². The minimum Gasteiger partial charge on any atom is -0.478 e. The van der Waals surface area contributed by atoms with Crippen LogP contribution in [0.4, 0.5) is 4.79 Å². The topological polar surface area (TPSA) is 75.6 Å². The number of nitrogens with one attached hydrogen (secondary N) is 1. The molecule has 0 aliphatic heterocycles. The van der Waals surface area contributed by atoms with E-state index in [1.165, 1.54) is 13.2 Å². The SMILES string of the molecule is COC(=O)NC(C)c1ccc(C=CC(=O)O)cc1. The molecule has 0 heterocycles. The third-order valence-corrected chi connectivity index (χ3v) is 2.37. The molecule has 1 atom stereocenters. The highest BCUT2D eigenvalue weighted by Crippen LogP contribution is 2.14. The number of carboxylic acids is 1. The number of methoxy groups -OCH3 is 1. The summed E-state index contributed by atoms with van der Waals surface area (Å²) in [6.45, 7) is 1.83. The summed E-state index contributed by atoms with van der Waals surface area (Å²) in [6.07, 6.45) is 2.09. The zero-order valence-electron chi connectivity index (χ0n) is 10.2. The van der Waals surface area contributed by atoms with E-state index in [0.717, 1.165) is 17.2 Å². The van der Waals surface area contributed by atoms with Crippen LogP contribution in [-0.2, 0) is 9.53 Å². The summed E-state index contributed by atoms with van der Waals surface area (Å²) in [5, 5.41) is 11.1. The van der Waals surface area contributed by atoms with Gasteiger partial charge in [0.1, 0.15) is 0 Å². The molecular formula is C13H15NO4. The van der Waals surface area contributed by atoms with Crippen molar-refractivity contribution >= 4 is 18.1 Å². The lowest BCUT2D eigenvalue weighted by Crippen LogP contribution is -2.26. The van der Waals surface area contributed by atoms with Crippen molar-refractivity contribution in [3.63, 3.8) is 0 Å². The van der Waals surface area contributed by atoms with Crippen LogP contribution in [0, 0.1) is 0 Å². The molecule has 96 valence electrons. The summed E-state index contributed by atoms with van der Waals surface area (Å²) in [5.74, 6) is -0.986. The molecule has 0 radical (unpaired) electrons. The highest BCUT2D eigenvalue weighted by molar-refractivity contribution is 5.85. The first-order chi connectivity index (χ1) is 8.52. The van der Waals surface area contributed by atoms with Crippen LogP contribution in [0.3, 0.4) is 0 Å². The van der Waals surface area contributed by atoms with Crippen LogP contribution < -0.4 is 5.32 Å². The Bertz CT molecular complexity index is 451. The number of carbonyl (C=O) groups excluding carboxylic acids is 1. The summed E-state index contributed by atoms with van der Waals surface area (Å²) in [5.41, 5.74) is 1.69. The number of ether oxygens (including phenoxy) is 1. The number of hydrogen-bond acceptors (Lipinski definition) is 3. The number of benzene rings is 1. The molecule has 5 heteroatoms. The molecular weight excluding hydrogens is 234 g/mol. The Morgan fingerprint density at radius 3 is 2.44 bits per heavy atom. The van der Waals surface area contributed by atoms with E-state index >= 15 is 0 Å². The molecule has 0 fully saturated rings. The van der Waals surface area contributed by atoms with E-state index in [0.29, 0.717) is 0 Å².